The lowest BCUT2D eigenvalue weighted by atomic mass is 9.68. The number of halogens is 2. The summed E-state index contributed by atoms with van der Waals surface area (Å²) in [7, 11) is 1.58. The molecule has 2 N–H and O–H groups in total. The molecule has 0 spiro atoms. The topological polar surface area (TPSA) is 126 Å². The maximum atomic E-state index is 13.4. The number of carbonyl (C=O) groups excluding carboxylic acids is 2. The molecule has 2 aliphatic heterocycles. The van der Waals surface area contributed by atoms with E-state index in [1.54, 1.807) is 37.1 Å². The fourth-order valence-electron chi connectivity index (χ4n) is 7.56. The molecule has 2 amide bonds. The number of thiazole rings is 1. The molecule has 0 radical (unpaired) electrons. The predicted octanol–water partition coefficient (Wildman–Crippen LogP) is 4.89. The zero-order valence-electron chi connectivity index (χ0n) is 22.0. The number of carboxylic acid groups (broad SMARTS) is 1. The zero-order chi connectivity index (χ0) is 29.4. The Morgan fingerprint density at radius 3 is 2.55 bits per heavy atom. The Labute approximate surface area is 258 Å². The van der Waals surface area contributed by atoms with Crippen LogP contribution in [0.25, 0.3) is 0 Å². The summed E-state index contributed by atoms with van der Waals surface area (Å²) < 4.78 is 11.7. The molecule has 1 aromatic heterocycles. The quantitative estimate of drug-likeness (QED) is 0.348. The van der Waals surface area contributed by atoms with Crippen molar-refractivity contribution in [2.75, 3.05) is 13.7 Å². The Bertz CT molecular complexity index is 1710. The van der Waals surface area contributed by atoms with Crippen molar-refractivity contribution in [2.45, 2.75) is 29.2 Å². The standard InChI is InChI=1S/C29H24Cl2N2O7S2/c1-39-18-6-11(2-3-12(18)10-40-17-5-4-13(30)7-16(17)31)20-21-14-8-15(24(21)41-26-25(20)42-29(38)32-26)23-22(14)27(36)33(28(23)37)9-19(34)35/h2-7,14-15,20-24H,8-10H2,1H3,(H,32,38)(H,34,35)/t14-,15+,20+,21-,22+,23-,24-/m1/s1. The van der Waals surface area contributed by atoms with Crippen molar-refractivity contribution in [3.63, 3.8) is 0 Å². The lowest BCUT2D eigenvalue weighted by Gasteiger charge is -2.43. The molecule has 3 fully saturated rings. The minimum absolute atomic E-state index is 0.00146. The number of methoxy groups -OCH3 is 1. The number of carboxylic acids is 1. The van der Waals surface area contributed by atoms with Gasteiger partial charge < -0.3 is 19.6 Å². The summed E-state index contributed by atoms with van der Waals surface area (Å²) >= 11 is 15.0. The van der Waals surface area contributed by atoms with Crippen LogP contribution in [0.5, 0.6) is 11.5 Å². The number of hydrogen-bond acceptors (Lipinski definition) is 8. The van der Waals surface area contributed by atoms with E-state index in [9.17, 15) is 24.3 Å². The second kappa shape index (κ2) is 10.3. The number of H-pyrrole nitrogens is 1. The number of carbonyl (C=O) groups is 3. The van der Waals surface area contributed by atoms with E-state index in [2.05, 4.69) is 4.98 Å². The summed E-state index contributed by atoms with van der Waals surface area (Å²) in [6.07, 6.45) is 0.719. The van der Waals surface area contributed by atoms with Crippen LogP contribution in [0.1, 0.15) is 28.3 Å². The van der Waals surface area contributed by atoms with Gasteiger partial charge in [-0.25, -0.2) is 0 Å². The van der Waals surface area contributed by atoms with Crippen LogP contribution in [0, 0.1) is 29.6 Å². The number of thioether (sulfide) groups is 1. The Kier molecular flexibility index (Phi) is 6.84. The first-order valence-electron chi connectivity index (χ1n) is 13.4. The van der Waals surface area contributed by atoms with Gasteiger partial charge in [0.05, 0.1) is 29.0 Å². The molecule has 2 bridgehead atoms. The summed E-state index contributed by atoms with van der Waals surface area (Å²) in [5.74, 6) is -2.33. The summed E-state index contributed by atoms with van der Waals surface area (Å²) in [6.45, 7) is -0.413. The third-order valence-corrected chi connectivity index (χ3v) is 12.2. The number of hydrogen-bond donors (Lipinski definition) is 2. The van der Waals surface area contributed by atoms with E-state index >= 15 is 0 Å². The number of amides is 2. The minimum atomic E-state index is -1.21. The first kappa shape index (κ1) is 27.8. The van der Waals surface area contributed by atoms with Gasteiger partial charge in [-0.05, 0) is 54.0 Å². The molecule has 13 heteroatoms. The van der Waals surface area contributed by atoms with Gasteiger partial charge in [-0.1, -0.05) is 46.7 Å². The van der Waals surface area contributed by atoms with Crippen LogP contribution in [0.4, 0.5) is 0 Å². The molecule has 42 heavy (non-hydrogen) atoms. The van der Waals surface area contributed by atoms with Crippen molar-refractivity contribution < 1.29 is 29.0 Å². The fourth-order valence-corrected chi connectivity index (χ4v) is 10.9. The SMILES string of the molecule is COc1cc([C@@H]2c3sc(=O)[nH]c3S[C@@H]3[C@H]4C[C@@H]([C@@H]5C(=O)N(CC(=O)O)C(=O)[C@H]45)[C@H]23)ccc1COc1ccc(Cl)cc1Cl. The Balaban J connectivity index is 1.24. The van der Waals surface area contributed by atoms with Crippen LogP contribution in [0.15, 0.2) is 46.2 Å². The molecule has 2 aliphatic carbocycles. The van der Waals surface area contributed by atoms with Crippen LogP contribution in [0.2, 0.25) is 10.0 Å². The number of rotatable bonds is 7. The third-order valence-electron chi connectivity index (χ3n) is 9.06. The van der Waals surface area contributed by atoms with Crippen LogP contribution in [-0.4, -0.2) is 51.7 Å². The molecule has 2 aromatic carbocycles. The van der Waals surface area contributed by atoms with Crippen molar-refractivity contribution >= 4 is 64.1 Å². The maximum absolute atomic E-state index is 13.4. The molecular formula is C29H24Cl2N2O7S2. The number of nitrogens with zero attached hydrogens (tertiary/aromatic N) is 1. The molecule has 2 saturated carbocycles. The Morgan fingerprint density at radius 2 is 1.83 bits per heavy atom. The van der Waals surface area contributed by atoms with Gasteiger partial charge in [-0.2, -0.15) is 0 Å². The second-order valence-electron chi connectivity index (χ2n) is 11.1. The maximum Gasteiger partial charge on any atom is 0.323 e. The normalized spacial score (nSPS) is 28.9. The van der Waals surface area contributed by atoms with Crippen molar-refractivity contribution in [1.29, 1.82) is 0 Å². The summed E-state index contributed by atoms with van der Waals surface area (Å²) in [6, 6.07) is 10.9. The van der Waals surface area contributed by atoms with Crippen LogP contribution in [-0.2, 0) is 21.0 Å². The largest absolute Gasteiger partial charge is 0.496 e. The first-order chi connectivity index (χ1) is 20.2. The number of nitrogens with one attached hydrogen (secondary N) is 1. The van der Waals surface area contributed by atoms with E-state index < -0.39 is 24.3 Å². The number of aromatic nitrogens is 1. The van der Waals surface area contributed by atoms with Crippen molar-refractivity contribution in [1.82, 2.24) is 9.88 Å². The zero-order valence-corrected chi connectivity index (χ0v) is 25.2. The van der Waals surface area contributed by atoms with Crippen molar-refractivity contribution in [2.24, 2.45) is 29.6 Å². The van der Waals surface area contributed by atoms with E-state index in [1.807, 2.05) is 18.2 Å². The lowest BCUT2D eigenvalue weighted by molar-refractivity contribution is -0.149. The summed E-state index contributed by atoms with van der Waals surface area (Å²) in [5.41, 5.74) is 1.74. The molecule has 7 atom stereocenters. The van der Waals surface area contributed by atoms with Gasteiger partial charge in [0.2, 0.25) is 11.8 Å². The number of likely N-dealkylation sites (tertiary alicyclic amines) is 1. The molecular weight excluding hydrogens is 623 g/mol. The predicted molar refractivity (Wildman–Crippen MR) is 157 cm³/mol. The number of aliphatic carboxylic acids is 1. The second-order valence-corrected chi connectivity index (χ2v) is 14.1. The van der Waals surface area contributed by atoms with Crippen molar-refractivity contribution in [3.05, 3.63) is 72.1 Å². The average Bonchev–Trinajstić information content (AvgIpc) is 3.68. The van der Waals surface area contributed by atoms with Gasteiger partial charge in [0.25, 0.3) is 0 Å². The highest BCUT2D eigenvalue weighted by molar-refractivity contribution is 8.00. The fraction of sp³-hybridized carbons (Fsp3) is 0.379. The van der Waals surface area contributed by atoms with Gasteiger partial charge in [0.15, 0.2) is 0 Å². The monoisotopic (exact) mass is 646 g/mol. The highest BCUT2D eigenvalue weighted by atomic mass is 35.5. The van der Waals surface area contributed by atoms with Crippen molar-refractivity contribution in [3.8, 4) is 11.5 Å². The molecule has 7 rings (SSSR count). The molecule has 3 aromatic rings. The number of aromatic amines is 1. The Morgan fingerprint density at radius 1 is 1.07 bits per heavy atom. The minimum Gasteiger partial charge on any atom is -0.496 e. The van der Waals surface area contributed by atoms with E-state index in [0.29, 0.717) is 21.5 Å². The average molecular weight is 648 g/mol. The van der Waals surface area contributed by atoms with Crippen LogP contribution < -0.4 is 14.3 Å². The van der Waals surface area contributed by atoms with E-state index in [0.717, 1.165) is 32.4 Å². The van der Waals surface area contributed by atoms with Gasteiger partial charge >= 0.3 is 10.8 Å². The number of imide groups is 1. The van der Waals surface area contributed by atoms with E-state index in [1.165, 1.54) is 11.3 Å². The number of benzene rings is 2. The number of ether oxygens (including phenoxy) is 2. The summed E-state index contributed by atoms with van der Waals surface area (Å²) in [5, 5.41) is 11.0. The van der Waals surface area contributed by atoms with Gasteiger partial charge in [-0.15, -0.1) is 11.8 Å². The molecule has 3 heterocycles. The summed E-state index contributed by atoms with van der Waals surface area (Å²) in [4.78, 5) is 55.3. The van der Waals surface area contributed by atoms with E-state index in [4.69, 9.17) is 32.7 Å². The highest BCUT2D eigenvalue weighted by Gasteiger charge is 2.69. The van der Waals surface area contributed by atoms with Crippen LogP contribution in [0.3, 0.4) is 0 Å². The molecule has 0 unspecified atom stereocenters. The molecule has 4 aliphatic rings. The lowest BCUT2D eigenvalue weighted by Crippen LogP contribution is -2.42. The van der Waals surface area contributed by atoms with Crippen LogP contribution >= 0.6 is 46.3 Å². The molecule has 1 saturated heterocycles. The molecule has 218 valence electrons. The highest BCUT2D eigenvalue weighted by Crippen LogP contribution is 2.68. The Hall–Kier alpha value is -2.99. The number of fused-ring (bicyclic) bond motifs is 9. The van der Waals surface area contributed by atoms with Gasteiger partial charge in [0.1, 0.15) is 24.7 Å². The van der Waals surface area contributed by atoms with E-state index in [-0.39, 0.29) is 52.2 Å². The van der Waals surface area contributed by atoms with Gasteiger partial charge in [-0.3, -0.25) is 24.1 Å². The third kappa shape index (κ3) is 4.27. The van der Waals surface area contributed by atoms with Gasteiger partial charge in [0, 0.05) is 26.6 Å². The smallest absolute Gasteiger partial charge is 0.323 e. The first-order valence-corrected chi connectivity index (χ1v) is 15.8. The molecule has 9 nitrogen and oxygen atoms in total.